The van der Waals surface area contributed by atoms with Crippen LogP contribution in [-0.4, -0.2) is 52.9 Å². The second kappa shape index (κ2) is 11.0. The number of guanidine groups is 1. The van der Waals surface area contributed by atoms with Crippen molar-refractivity contribution >= 4 is 5.96 Å². The standard InChI is InChI=1S/C23H38N6/c1-8-24-23(26-17(2)14-22-19(4)27-29(7)20(22)5)25-15-18(3)28(6)16-21-12-10-9-11-13-21/h9-13,17-18H,8,14-16H2,1-7H3,(H2,24,25,26). The van der Waals surface area contributed by atoms with Crippen LogP contribution in [0.1, 0.15) is 43.3 Å². The normalized spacial score (nSPS) is 14.1. The lowest BCUT2D eigenvalue weighted by Gasteiger charge is -2.24. The van der Waals surface area contributed by atoms with Crippen molar-refractivity contribution in [1.82, 2.24) is 25.3 Å². The highest BCUT2D eigenvalue weighted by Gasteiger charge is 2.15. The first kappa shape index (κ1) is 22.9. The van der Waals surface area contributed by atoms with Gasteiger partial charge in [-0.3, -0.25) is 14.6 Å². The fraction of sp³-hybridized carbons (Fsp3) is 0.565. The number of benzene rings is 1. The summed E-state index contributed by atoms with van der Waals surface area (Å²) in [5.74, 6) is 0.874. The van der Waals surface area contributed by atoms with Crippen LogP contribution in [0.25, 0.3) is 0 Å². The Morgan fingerprint density at radius 2 is 1.90 bits per heavy atom. The molecular weight excluding hydrogens is 360 g/mol. The maximum Gasteiger partial charge on any atom is 0.191 e. The number of hydrogen-bond acceptors (Lipinski definition) is 3. The predicted molar refractivity (Wildman–Crippen MR) is 122 cm³/mol. The SMILES string of the molecule is CCNC(=NCC(C)N(C)Cc1ccccc1)NC(C)Cc1c(C)nn(C)c1C. The Kier molecular flexibility index (Phi) is 8.70. The molecule has 6 nitrogen and oxygen atoms in total. The fourth-order valence-corrected chi connectivity index (χ4v) is 3.41. The number of aromatic nitrogens is 2. The third-order valence-electron chi connectivity index (χ3n) is 5.44. The summed E-state index contributed by atoms with van der Waals surface area (Å²) >= 11 is 0. The highest BCUT2D eigenvalue weighted by Crippen LogP contribution is 2.14. The summed E-state index contributed by atoms with van der Waals surface area (Å²) in [6.45, 7) is 13.3. The molecule has 0 aliphatic heterocycles. The zero-order valence-electron chi connectivity index (χ0n) is 19.2. The van der Waals surface area contributed by atoms with Crippen molar-refractivity contribution in [3.63, 3.8) is 0 Å². The van der Waals surface area contributed by atoms with E-state index in [1.165, 1.54) is 16.8 Å². The number of hydrogen-bond donors (Lipinski definition) is 2. The van der Waals surface area contributed by atoms with Crippen molar-refractivity contribution in [3.05, 3.63) is 52.8 Å². The van der Waals surface area contributed by atoms with Crippen molar-refractivity contribution in [2.75, 3.05) is 20.1 Å². The topological polar surface area (TPSA) is 57.5 Å². The molecule has 2 N–H and O–H groups in total. The van der Waals surface area contributed by atoms with Gasteiger partial charge in [0.25, 0.3) is 0 Å². The summed E-state index contributed by atoms with van der Waals surface area (Å²) in [6, 6.07) is 11.2. The van der Waals surface area contributed by atoms with Crippen LogP contribution >= 0.6 is 0 Å². The van der Waals surface area contributed by atoms with Gasteiger partial charge in [0.15, 0.2) is 5.96 Å². The first-order chi connectivity index (χ1) is 13.8. The number of nitrogens with one attached hydrogen (secondary N) is 2. The molecule has 0 amide bonds. The van der Waals surface area contributed by atoms with E-state index in [1.54, 1.807) is 0 Å². The molecule has 0 aliphatic carbocycles. The monoisotopic (exact) mass is 398 g/mol. The molecule has 2 unspecified atom stereocenters. The molecule has 0 bridgehead atoms. The van der Waals surface area contributed by atoms with Crippen LogP contribution in [0.4, 0.5) is 0 Å². The van der Waals surface area contributed by atoms with Gasteiger partial charge in [0, 0.05) is 37.9 Å². The van der Waals surface area contributed by atoms with Crippen LogP contribution in [0, 0.1) is 13.8 Å². The van der Waals surface area contributed by atoms with E-state index in [0.717, 1.165) is 37.7 Å². The minimum absolute atomic E-state index is 0.270. The van der Waals surface area contributed by atoms with Gasteiger partial charge in [0.1, 0.15) is 0 Å². The van der Waals surface area contributed by atoms with Gasteiger partial charge < -0.3 is 10.6 Å². The maximum atomic E-state index is 4.84. The molecule has 0 saturated carbocycles. The predicted octanol–water partition coefficient (Wildman–Crippen LogP) is 3.04. The van der Waals surface area contributed by atoms with E-state index in [2.05, 4.69) is 92.6 Å². The molecule has 6 heteroatoms. The number of aliphatic imine (C=N–C) groups is 1. The Morgan fingerprint density at radius 3 is 2.48 bits per heavy atom. The minimum Gasteiger partial charge on any atom is -0.357 e. The van der Waals surface area contributed by atoms with Crippen molar-refractivity contribution in [3.8, 4) is 0 Å². The summed E-state index contributed by atoms with van der Waals surface area (Å²) in [6.07, 6.45) is 0.930. The summed E-state index contributed by atoms with van der Waals surface area (Å²) < 4.78 is 1.96. The van der Waals surface area contributed by atoms with Gasteiger partial charge in [0.05, 0.1) is 12.2 Å². The molecule has 0 saturated heterocycles. The summed E-state index contributed by atoms with van der Waals surface area (Å²) in [7, 11) is 4.16. The van der Waals surface area contributed by atoms with E-state index < -0.39 is 0 Å². The largest absolute Gasteiger partial charge is 0.357 e. The summed E-state index contributed by atoms with van der Waals surface area (Å²) in [4.78, 5) is 7.18. The molecule has 29 heavy (non-hydrogen) atoms. The Labute approximate surface area is 176 Å². The summed E-state index contributed by atoms with van der Waals surface area (Å²) in [5.41, 5.74) is 4.98. The van der Waals surface area contributed by atoms with E-state index in [4.69, 9.17) is 4.99 Å². The second-order valence-electron chi connectivity index (χ2n) is 7.99. The average molecular weight is 399 g/mol. The van der Waals surface area contributed by atoms with E-state index in [1.807, 2.05) is 11.7 Å². The zero-order valence-corrected chi connectivity index (χ0v) is 19.2. The zero-order chi connectivity index (χ0) is 21.4. The van der Waals surface area contributed by atoms with Gasteiger partial charge in [-0.25, -0.2) is 0 Å². The van der Waals surface area contributed by atoms with E-state index in [-0.39, 0.29) is 6.04 Å². The minimum atomic E-state index is 0.270. The van der Waals surface area contributed by atoms with Gasteiger partial charge in [-0.2, -0.15) is 5.10 Å². The van der Waals surface area contributed by atoms with Crippen LogP contribution < -0.4 is 10.6 Å². The molecule has 0 fully saturated rings. The smallest absolute Gasteiger partial charge is 0.191 e. The van der Waals surface area contributed by atoms with E-state index in [0.29, 0.717) is 6.04 Å². The van der Waals surface area contributed by atoms with Crippen molar-refractivity contribution in [2.45, 2.75) is 59.7 Å². The second-order valence-corrected chi connectivity index (χ2v) is 7.99. The first-order valence-electron chi connectivity index (χ1n) is 10.6. The molecule has 1 heterocycles. The molecule has 2 aromatic rings. The van der Waals surface area contributed by atoms with Crippen molar-refractivity contribution < 1.29 is 0 Å². The molecule has 2 atom stereocenters. The highest BCUT2D eigenvalue weighted by molar-refractivity contribution is 5.80. The lowest BCUT2D eigenvalue weighted by Crippen LogP contribution is -2.44. The van der Waals surface area contributed by atoms with E-state index in [9.17, 15) is 0 Å². The average Bonchev–Trinajstić information content (AvgIpc) is 2.92. The lowest BCUT2D eigenvalue weighted by atomic mass is 10.1. The van der Waals surface area contributed by atoms with Gasteiger partial charge in [-0.1, -0.05) is 30.3 Å². The Hall–Kier alpha value is -2.34. The lowest BCUT2D eigenvalue weighted by molar-refractivity contribution is 0.255. The van der Waals surface area contributed by atoms with Crippen molar-refractivity contribution in [1.29, 1.82) is 0 Å². The quantitative estimate of drug-likeness (QED) is 0.504. The molecule has 160 valence electrons. The van der Waals surface area contributed by atoms with Gasteiger partial charge in [0.2, 0.25) is 0 Å². The van der Waals surface area contributed by atoms with Gasteiger partial charge in [-0.05, 0) is 59.2 Å². The Bertz CT molecular complexity index is 780. The van der Waals surface area contributed by atoms with Gasteiger partial charge >= 0.3 is 0 Å². The summed E-state index contributed by atoms with van der Waals surface area (Å²) in [5, 5.41) is 11.5. The van der Waals surface area contributed by atoms with Crippen LogP contribution in [0.5, 0.6) is 0 Å². The molecule has 1 aromatic carbocycles. The third kappa shape index (κ3) is 6.89. The molecule has 0 aliphatic rings. The van der Waals surface area contributed by atoms with Gasteiger partial charge in [-0.15, -0.1) is 0 Å². The van der Waals surface area contributed by atoms with Crippen molar-refractivity contribution in [2.24, 2.45) is 12.0 Å². The number of likely N-dealkylation sites (N-methyl/N-ethyl adjacent to an activating group) is 1. The Morgan fingerprint density at radius 1 is 1.21 bits per heavy atom. The van der Waals surface area contributed by atoms with Crippen LogP contribution in [0.15, 0.2) is 35.3 Å². The molecular formula is C23H38N6. The molecule has 2 rings (SSSR count). The maximum absolute atomic E-state index is 4.84. The number of nitrogens with zero attached hydrogens (tertiary/aromatic N) is 4. The number of rotatable bonds is 9. The first-order valence-corrected chi connectivity index (χ1v) is 10.6. The highest BCUT2D eigenvalue weighted by atomic mass is 15.3. The van der Waals surface area contributed by atoms with Crippen LogP contribution in [0.2, 0.25) is 0 Å². The molecule has 0 spiro atoms. The molecule has 1 aromatic heterocycles. The fourth-order valence-electron chi connectivity index (χ4n) is 3.41. The van der Waals surface area contributed by atoms with Crippen LogP contribution in [0.3, 0.4) is 0 Å². The Balaban J connectivity index is 1.94. The molecule has 0 radical (unpaired) electrons. The van der Waals surface area contributed by atoms with Crippen LogP contribution in [-0.2, 0) is 20.0 Å². The third-order valence-corrected chi connectivity index (χ3v) is 5.44. The van der Waals surface area contributed by atoms with E-state index >= 15 is 0 Å². The number of aryl methyl sites for hydroxylation is 2.